The predicted molar refractivity (Wildman–Crippen MR) is 92.6 cm³/mol. The van der Waals surface area contributed by atoms with E-state index in [0.29, 0.717) is 10.8 Å². The molecule has 2 aliphatic rings. The molecule has 0 aliphatic heterocycles. The van der Waals surface area contributed by atoms with E-state index in [4.69, 9.17) is 0 Å². The summed E-state index contributed by atoms with van der Waals surface area (Å²) in [6, 6.07) is 0. The van der Waals surface area contributed by atoms with Crippen LogP contribution in [0.3, 0.4) is 0 Å². The van der Waals surface area contributed by atoms with Gasteiger partial charge in [-0.05, 0) is 74.0 Å². The van der Waals surface area contributed by atoms with Crippen molar-refractivity contribution >= 4 is 0 Å². The van der Waals surface area contributed by atoms with E-state index in [1.807, 2.05) is 0 Å². The zero-order valence-electron chi connectivity index (χ0n) is 15.1. The average Bonchev–Trinajstić information content (AvgIpc) is 2.91. The zero-order valence-corrected chi connectivity index (χ0v) is 16.7. The zero-order chi connectivity index (χ0) is 13.8. The van der Waals surface area contributed by atoms with Crippen molar-refractivity contribution in [1.29, 1.82) is 0 Å². The molecule has 0 atom stereocenters. The minimum absolute atomic E-state index is 0. The molecule has 0 N–H and O–H groups in total. The molecule has 2 saturated carbocycles. The summed E-state index contributed by atoms with van der Waals surface area (Å²) in [4.78, 5) is 0. The predicted octanol–water partition coefficient (Wildman–Crippen LogP) is 5.77. The van der Waals surface area contributed by atoms with Crippen molar-refractivity contribution in [2.75, 3.05) is 0 Å². The largest absolute Gasteiger partial charge is 2.00 e. The molecule has 10 radical (unpaired) electrons. The molecule has 1 heteroatoms. The minimum atomic E-state index is 0. The normalized spacial score (nSPS) is 19.7. The Balaban J connectivity index is -0.000000270. The first-order chi connectivity index (χ1) is 8.21. The second-order valence-electron chi connectivity index (χ2n) is 6.85. The van der Waals surface area contributed by atoms with Crippen molar-refractivity contribution in [3.63, 3.8) is 0 Å². The van der Waals surface area contributed by atoms with E-state index >= 15 is 0 Å². The van der Waals surface area contributed by atoms with E-state index in [2.05, 4.69) is 92.9 Å². The standard InChI is InChI=1S/2C9H13.2CH3.Ti/c2*1-9(2,3)8-6-4-5-7-8;;;/h2*4-7H,1-3H3;2*1H3;/q;;2*-1;+2. The molecule has 0 bridgehead atoms. The maximum absolute atomic E-state index is 2.22. The Bertz CT molecular complexity index is 193. The molecule has 0 aromatic heterocycles. The molecule has 0 aromatic rings. The monoisotopic (exact) mass is 320 g/mol. The first-order valence-corrected chi connectivity index (χ1v) is 6.65. The van der Waals surface area contributed by atoms with E-state index in [1.54, 1.807) is 0 Å². The van der Waals surface area contributed by atoms with Crippen LogP contribution in [0.4, 0.5) is 0 Å². The van der Waals surface area contributed by atoms with E-state index in [0.717, 1.165) is 0 Å². The van der Waals surface area contributed by atoms with Gasteiger partial charge in [0.15, 0.2) is 0 Å². The molecule has 2 aliphatic carbocycles. The van der Waals surface area contributed by atoms with Crippen LogP contribution in [0.25, 0.3) is 0 Å². The third kappa shape index (κ3) is 10.2. The molecule has 0 amide bonds. The summed E-state index contributed by atoms with van der Waals surface area (Å²) in [6.07, 6.45) is 17.0. The average molecular weight is 320 g/mol. The van der Waals surface area contributed by atoms with Crippen LogP contribution in [0.2, 0.25) is 0 Å². The smallest absolute Gasteiger partial charge is 0.358 e. The van der Waals surface area contributed by atoms with Gasteiger partial charge in [0.2, 0.25) is 0 Å². The summed E-state index contributed by atoms with van der Waals surface area (Å²) >= 11 is 0. The molecule has 116 valence electrons. The molecular weight excluding hydrogens is 288 g/mol. The maximum atomic E-state index is 2.22. The molecule has 0 heterocycles. The van der Waals surface area contributed by atoms with Gasteiger partial charge in [0.25, 0.3) is 0 Å². The summed E-state index contributed by atoms with van der Waals surface area (Å²) in [5, 5.41) is 0. The Kier molecular flexibility index (Phi) is 14.3. The third-order valence-corrected chi connectivity index (χ3v) is 3.06. The van der Waals surface area contributed by atoms with Crippen LogP contribution < -0.4 is 0 Å². The molecular formula is C20H32Ti. The SMILES string of the molecule is CC(C)(C)[C]1[CH][CH][CH][CH]1.CC(C)(C)[C]1[CH][CH][CH][CH]1.[CH3-].[CH3-].[Ti+2]. The van der Waals surface area contributed by atoms with Gasteiger partial charge in [0.05, 0.1) is 0 Å². The van der Waals surface area contributed by atoms with E-state index in [-0.39, 0.29) is 36.6 Å². The van der Waals surface area contributed by atoms with Gasteiger partial charge in [-0.15, -0.1) is 0 Å². The van der Waals surface area contributed by atoms with Crippen LogP contribution in [-0.4, -0.2) is 0 Å². The topological polar surface area (TPSA) is 0 Å². The van der Waals surface area contributed by atoms with Crippen LogP contribution in [0.5, 0.6) is 0 Å². The molecule has 2 fully saturated rings. The molecule has 0 unspecified atom stereocenters. The summed E-state index contributed by atoms with van der Waals surface area (Å²) in [7, 11) is 0. The Morgan fingerprint density at radius 3 is 0.810 bits per heavy atom. The van der Waals surface area contributed by atoms with Gasteiger partial charge in [-0.1, -0.05) is 41.5 Å². The van der Waals surface area contributed by atoms with Gasteiger partial charge < -0.3 is 14.9 Å². The van der Waals surface area contributed by atoms with E-state index in [9.17, 15) is 0 Å². The molecule has 0 aromatic carbocycles. The van der Waals surface area contributed by atoms with Crippen LogP contribution >= 0.6 is 0 Å². The van der Waals surface area contributed by atoms with Gasteiger partial charge >= 0.3 is 21.7 Å². The maximum Gasteiger partial charge on any atom is 2.00 e. The van der Waals surface area contributed by atoms with Crippen molar-refractivity contribution < 1.29 is 21.7 Å². The third-order valence-electron chi connectivity index (χ3n) is 3.06. The molecule has 21 heavy (non-hydrogen) atoms. The van der Waals surface area contributed by atoms with Crippen LogP contribution in [0, 0.1) is 88.9 Å². The van der Waals surface area contributed by atoms with Crippen molar-refractivity contribution in [3.05, 3.63) is 78.1 Å². The van der Waals surface area contributed by atoms with Crippen molar-refractivity contribution in [2.45, 2.75) is 41.5 Å². The van der Waals surface area contributed by atoms with E-state index < -0.39 is 0 Å². The Hall–Kier alpha value is 0.714. The number of hydrogen-bond acceptors (Lipinski definition) is 0. The molecule has 2 rings (SSSR count). The second-order valence-corrected chi connectivity index (χ2v) is 6.85. The summed E-state index contributed by atoms with van der Waals surface area (Å²) < 4.78 is 0. The fourth-order valence-electron chi connectivity index (χ4n) is 1.75. The summed E-state index contributed by atoms with van der Waals surface area (Å²) in [5.41, 5.74) is 0.646. The summed E-state index contributed by atoms with van der Waals surface area (Å²) in [5.74, 6) is 2.84. The minimum Gasteiger partial charge on any atom is -0.358 e. The van der Waals surface area contributed by atoms with E-state index in [1.165, 1.54) is 11.8 Å². The number of hydrogen-bond donors (Lipinski definition) is 0. The Morgan fingerprint density at radius 2 is 0.714 bits per heavy atom. The Labute approximate surface area is 152 Å². The van der Waals surface area contributed by atoms with Gasteiger partial charge in [0.1, 0.15) is 0 Å². The molecule has 0 spiro atoms. The van der Waals surface area contributed by atoms with Gasteiger partial charge in [-0.3, -0.25) is 0 Å². The van der Waals surface area contributed by atoms with Crippen molar-refractivity contribution in [1.82, 2.24) is 0 Å². The summed E-state index contributed by atoms with van der Waals surface area (Å²) in [6.45, 7) is 13.3. The fourth-order valence-corrected chi connectivity index (χ4v) is 1.75. The molecule has 0 nitrogen and oxygen atoms in total. The quantitative estimate of drug-likeness (QED) is 0.392. The van der Waals surface area contributed by atoms with Crippen molar-refractivity contribution in [2.24, 2.45) is 10.8 Å². The first-order valence-electron chi connectivity index (χ1n) is 6.65. The first kappa shape index (κ1) is 26.6. The van der Waals surface area contributed by atoms with Gasteiger partial charge in [0, 0.05) is 0 Å². The van der Waals surface area contributed by atoms with Crippen LogP contribution in [0.1, 0.15) is 41.5 Å². The molecule has 0 saturated heterocycles. The van der Waals surface area contributed by atoms with Crippen molar-refractivity contribution in [3.8, 4) is 0 Å². The number of rotatable bonds is 0. The fraction of sp³-hybridized carbons (Fsp3) is 0.400. The van der Waals surface area contributed by atoms with Gasteiger partial charge in [-0.25, -0.2) is 0 Å². The van der Waals surface area contributed by atoms with Crippen LogP contribution in [-0.2, 0) is 21.7 Å². The van der Waals surface area contributed by atoms with Gasteiger partial charge in [-0.2, -0.15) is 0 Å². The second kappa shape index (κ2) is 11.3. The Morgan fingerprint density at radius 1 is 0.524 bits per heavy atom. The van der Waals surface area contributed by atoms with Crippen LogP contribution in [0.15, 0.2) is 0 Å².